The average Bonchev–Trinajstić information content (AvgIpc) is 3.02. The van der Waals surface area contributed by atoms with Crippen LogP contribution in [0.1, 0.15) is 29.0 Å². The summed E-state index contributed by atoms with van der Waals surface area (Å²) in [6, 6.07) is 16.5. The Kier molecular flexibility index (Phi) is 4.14. The molecule has 0 radical (unpaired) electrons. The molecule has 3 rings (SSSR count). The molecule has 2 aromatic rings. The summed E-state index contributed by atoms with van der Waals surface area (Å²) in [7, 11) is 0. The molecule has 0 unspecified atom stereocenters. The smallest absolute Gasteiger partial charge is 0.321 e. The highest BCUT2D eigenvalue weighted by molar-refractivity contribution is 5.89. The van der Waals surface area contributed by atoms with Crippen molar-refractivity contribution >= 4 is 11.7 Å². The molecule has 1 saturated heterocycles. The quantitative estimate of drug-likeness (QED) is 0.878. The van der Waals surface area contributed by atoms with Crippen LogP contribution in [-0.2, 0) is 0 Å². The minimum Gasteiger partial charge on any atom is -0.324 e. The third-order valence-corrected chi connectivity index (χ3v) is 4.50. The van der Waals surface area contributed by atoms with E-state index in [1.807, 2.05) is 29.2 Å². The summed E-state index contributed by atoms with van der Waals surface area (Å²) in [5, 5.41) is 3.01. The second kappa shape index (κ2) is 6.22. The molecule has 22 heavy (non-hydrogen) atoms. The van der Waals surface area contributed by atoms with Crippen molar-refractivity contribution in [2.45, 2.75) is 26.2 Å². The van der Waals surface area contributed by atoms with Gasteiger partial charge in [0.1, 0.15) is 0 Å². The normalized spacial score (nSPS) is 17.5. The number of hydrogen-bond donors (Lipinski definition) is 1. The maximum Gasteiger partial charge on any atom is 0.321 e. The highest BCUT2D eigenvalue weighted by atomic mass is 16.2. The summed E-state index contributed by atoms with van der Waals surface area (Å²) in [5.74, 6) is 0.451. The third-order valence-electron chi connectivity index (χ3n) is 4.50. The standard InChI is InChI=1S/C19H22N2O/c1-14-8-9-18(12-15(14)2)20-19(22)21-11-10-17(13-21)16-6-4-3-5-7-16/h3-9,12,17H,10-11,13H2,1-2H3,(H,20,22)/t17-/m1/s1. The molecule has 1 aliphatic rings. The van der Waals surface area contributed by atoms with Crippen LogP contribution in [0.4, 0.5) is 10.5 Å². The lowest BCUT2D eigenvalue weighted by molar-refractivity contribution is 0.222. The van der Waals surface area contributed by atoms with E-state index in [9.17, 15) is 4.79 Å². The van der Waals surface area contributed by atoms with E-state index in [0.29, 0.717) is 5.92 Å². The molecule has 0 saturated carbocycles. The number of nitrogens with one attached hydrogen (secondary N) is 1. The lowest BCUT2D eigenvalue weighted by Crippen LogP contribution is -2.32. The molecule has 2 amide bonds. The summed E-state index contributed by atoms with van der Waals surface area (Å²) in [6.07, 6.45) is 1.03. The van der Waals surface area contributed by atoms with Gasteiger partial charge in [-0.05, 0) is 49.1 Å². The Morgan fingerprint density at radius 3 is 2.59 bits per heavy atom. The van der Waals surface area contributed by atoms with Crippen LogP contribution in [0, 0.1) is 13.8 Å². The number of hydrogen-bond acceptors (Lipinski definition) is 1. The molecule has 1 atom stereocenters. The number of amides is 2. The molecule has 0 aliphatic carbocycles. The lowest BCUT2D eigenvalue weighted by Gasteiger charge is -2.18. The molecule has 3 heteroatoms. The van der Waals surface area contributed by atoms with E-state index in [4.69, 9.17) is 0 Å². The number of aryl methyl sites for hydroxylation is 2. The summed E-state index contributed by atoms with van der Waals surface area (Å²) in [5.41, 5.74) is 4.63. The van der Waals surface area contributed by atoms with Crippen LogP contribution in [0.15, 0.2) is 48.5 Å². The summed E-state index contributed by atoms with van der Waals surface area (Å²) < 4.78 is 0. The Labute approximate surface area is 132 Å². The van der Waals surface area contributed by atoms with E-state index in [-0.39, 0.29) is 6.03 Å². The van der Waals surface area contributed by atoms with Gasteiger partial charge in [0.05, 0.1) is 0 Å². The number of nitrogens with zero attached hydrogens (tertiary/aromatic N) is 1. The Morgan fingerprint density at radius 2 is 1.86 bits per heavy atom. The molecular weight excluding hydrogens is 272 g/mol. The van der Waals surface area contributed by atoms with Gasteiger partial charge in [0.15, 0.2) is 0 Å². The second-order valence-electron chi connectivity index (χ2n) is 6.07. The number of urea groups is 1. The fourth-order valence-corrected chi connectivity index (χ4v) is 2.96. The third kappa shape index (κ3) is 3.14. The first-order valence-corrected chi connectivity index (χ1v) is 7.81. The van der Waals surface area contributed by atoms with Gasteiger partial charge in [0.2, 0.25) is 0 Å². The van der Waals surface area contributed by atoms with Gasteiger partial charge in [-0.1, -0.05) is 36.4 Å². The Hall–Kier alpha value is -2.29. The average molecular weight is 294 g/mol. The van der Waals surface area contributed by atoms with Crippen molar-refractivity contribution in [3.8, 4) is 0 Å². The first kappa shape index (κ1) is 14.6. The van der Waals surface area contributed by atoms with Crippen molar-refractivity contribution in [1.82, 2.24) is 4.90 Å². The van der Waals surface area contributed by atoms with Gasteiger partial charge in [0, 0.05) is 24.7 Å². The topological polar surface area (TPSA) is 32.3 Å². The molecule has 114 valence electrons. The van der Waals surface area contributed by atoms with E-state index in [1.54, 1.807) is 0 Å². The largest absolute Gasteiger partial charge is 0.324 e. The zero-order valence-corrected chi connectivity index (χ0v) is 13.2. The number of likely N-dealkylation sites (tertiary alicyclic amines) is 1. The predicted molar refractivity (Wildman–Crippen MR) is 90.3 cm³/mol. The Bertz CT molecular complexity index is 666. The van der Waals surface area contributed by atoms with Gasteiger partial charge in [-0.25, -0.2) is 4.79 Å². The van der Waals surface area contributed by atoms with Crippen LogP contribution in [0.5, 0.6) is 0 Å². The molecule has 2 aromatic carbocycles. The Balaban J connectivity index is 1.63. The van der Waals surface area contributed by atoms with Crippen LogP contribution < -0.4 is 5.32 Å². The monoisotopic (exact) mass is 294 g/mol. The lowest BCUT2D eigenvalue weighted by atomic mass is 9.99. The van der Waals surface area contributed by atoms with Gasteiger partial charge in [0.25, 0.3) is 0 Å². The first-order valence-electron chi connectivity index (χ1n) is 7.81. The molecule has 1 fully saturated rings. The molecule has 1 N–H and O–H groups in total. The first-order chi connectivity index (χ1) is 10.6. The van der Waals surface area contributed by atoms with Gasteiger partial charge < -0.3 is 10.2 Å². The Morgan fingerprint density at radius 1 is 1.09 bits per heavy atom. The van der Waals surface area contributed by atoms with Crippen LogP contribution in [-0.4, -0.2) is 24.0 Å². The molecular formula is C19H22N2O. The summed E-state index contributed by atoms with van der Waals surface area (Å²) in [4.78, 5) is 14.3. The maximum absolute atomic E-state index is 12.4. The maximum atomic E-state index is 12.4. The molecule has 1 aliphatic heterocycles. The molecule has 0 bridgehead atoms. The number of rotatable bonds is 2. The number of carbonyl (C=O) groups excluding carboxylic acids is 1. The molecule has 0 spiro atoms. The zero-order chi connectivity index (χ0) is 15.5. The van der Waals surface area contributed by atoms with Crippen LogP contribution in [0.25, 0.3) is 0 Å². The van der Waals surface area contributed by atoms with Crippen molar-refractivity contribution in [1.29, 1.82) is 0 Å². The van der Waals surface area contributed by atoms with E-state index >= 15 is 0 Å². The fraction of sp³-hybridized carbons (Fsp3) is 0.316. The van der Waals surface area contributed by atoms with Crippen molar-refractivity contribution in [2.24, 2.45) is 0 Å². The van der Waals surface area contributed by atoms with Gasteiger partial charge >= 0.3 is 6.03 Å². The molecule has 1 heterocycles. The molecule has 0 aromatic heterocycles. The summed E-state index contributed by atoms with van der Waals surface area (Å²) in [6.45, 7) is 5.75. The van der Waals surface area contributed by atoms with Crippen LogP contribution in [0.2, 0.25) is 0 Å². The minimum absolute atomic E-state index is 0.00156. The van der Waals surface area contributed by atoms with Crippen LogP contribution in [0.3, 0.4) is 0 Å². The highest BCUT2D eigenvalue weighted by Crippen LogP contribution is 2.27. The number of anilines is 1. The minimum atomic E-state index is 0.00156. The van der Waals surface area contributed by atoms with Gasteiger partial charge in [-0.2, -0.15) is 0 Å². The number of benzene rings is 2. The second-order valence-corrected chi connectivity index (χ2v) is 6.07. The highest BCUT2D eigenvalue weighted by Gasteiger charge is 2.27. The number of carbonyl (C=O) groups is 1. The zero-order valence-electron chi connectivity index (χ0n) is 13.2. The van der Waals surface area contributed by atoms with E-state index in [2.05, 4.69) is 43.4 Å². The van der Waals surface area contributed by atoms with Crippen molar-refractivity contribution < 1.29 is 4.79 Å². The SMILES string of the molecule is Cc1ccc(NC(=O)N2CC[C@@H](c3ccccc3)C2)cc1C. The summed E-state index contributed by atoms with van der Waals surface area (Å²) >= 11 is 0. The van der Waals surface area contributed by atoms with Crippen LogP contribution >= 0.6 is 0 Å². The van der Waals surface area contributed by atoms with Gasteiger partial charge in [-0.3, -0.25) is 0 Å². The van der Waals surface area contributed by atoms with Gasteiger partial charge in [-0.15, -0.1) is 0 Å². The van der Waals surface area contributed by atoms with E-state index in [0.717, 1.165) is 25.2 Å². The predicted octanol–water partition coefficient (Wildman–Crippen LogP) is 4.32. The fourth-order valence-electron chi connectivity index (χ4n) is 2.96. The van der Waals surface area contributed by atoms with Crippen molar-refractivity contribution in [3.05, 3.63) is 65.2 Å². The van der Waals surface area contributed by atoms with Crippen molar-refractivity contribution in [2.75, 3.05) is 18.4 Å². The van der Waals surface area contributed by atoms with E-state index < -0.39 is 0 Å². The van der Waals surface area contributed by atoms with Crippen molar-refractivity contribution in [3.63, 3.8) is 0 Å². The molecule has 3 nitrogen and oxygen atoms in total. The van der Waals surface area contributed by atoms with E-state index in [1.165, 1.54) is 16.7 Å².